The summed E-state index contributed by atoms with van der Waals surface area (Å²) in [5, 5.41) is 0. The average molecular weight is 207 g/mol. The van der Waals surface area contributed by atoms with E-state index >= 15 is 0 Å². The van der Waals surface area contributed by atoms with Crippen LogP contribution in [0.4, 0.5) is 4.39 Å². The topological polar surface area (TPSA) is 35.2 Å². The lowest BCUT2D eigenvalue weighted by Crippen LogP contribution is -2.31. The highest BCUT2D eigenvalue weighted by Gasteiger charge is 2.18. The van der Waals surface area contributed by atoms with Crippen LogP contribution in [0.15, 0.2) is 24.3 Å². The molecule has 3 heteroatoms. The van der Waals surface area contributed by atoms with Crippen molar-refractivity contribution in [3.63, 3.8) is 0 Å². The molecule has 0 radical (unpaired) electrons. The molecule has 2 N–H and O–H groups in total. The molecule has 0 saturated heterocycles. The summed E-state index contributed by atoms with van der Waals surface area (Å²) in [5.74, 6) is 2.51. The Labute approximate surface area is 89.2 Å². The summed E-state index contributed by atoms with van der Waals surface area (Å²) >= 11 is 0. The maximum Gasteiger partial charge on any atom is 0.107 e. The first-order chi connectivity index (χ1) is 7.22. The normalized spacial score (nSPS) is 14.3. The molecular formula is C12H14FNO. The fourth-order valence-electron chi connectivity index (χ4n) is 1.41. The van der Waals surface area contributed by atoms with E-state index in [9.17, 15) is 4.39 Å². The lowest BCUT2D eigenvalue weighted by molar-refractivity contribution is 0.0721. The summed E-state index contributed by atoms with van der Waals surface area (Å²) in [6.07, 6.45) is 4.80. The maximum absolute atomic E-state index is 12.4. The third-order valence-corrected chi connectivity index (χ3v) is 2.23. The van der Waals surface area contributed by atoms with E-state index in [0.717, 1.165) is 11.1 Å². The molecule has 0 aliphatic rings. The third-order valence-electron chi connectivity index (χ3n) is 2.23. The van der Waals surface area contributed by atoms with Gasteiger partial charge in [-0.1, -0.05) is 18.1 Å². The van der Waals surface area contributed by atoms with Crippen LogP contribution < -0.4 is 5.73 Å². The molecule has 1 rings (SSSR count). The molecule has 2 nitrogen and oxygen atoms in total. The molecule has 0 amide bonds. The van der Waals surface area contributed by atoms with E-state index in [0.29, 0.717) is 0 Å². The second-order valence-electron chi connectivity index (χ2n) is 3.24. The fourth-order valence-corrected chi connectivity index (χ4v) is 1.41. The van der Waals surface area contributed by atoms with Gasteiger partial charge < -0.3 is 10.5 Å². The first kappa shape index (κ1) is 11.7. The molecule has 0 aliphatic heterocycles. The van der Waals surface area contributed by atoms with Crippen LogP contribution in [0.3, 0.4) is 0 Å². The van der Waals surface area contributed by atoms with E-state index < -0.39 is 18.8 Å². The Morgan fingerprint density at radius 3 is 2.47 bits per heavy atom. The van der Waals surface area contributed by atoms with Crippen molar-refractivity contribution >= 4 is 0 Å². The molecule has 15 heavy (non-hydrogen) atoms. The van der Waals surface area contributed by atoms with Crippen LogP contribution in [0.5, 0.6) is 0 Å². The van der Waals surface area contributed by atoms with Crippen LogP contribution in [0.1, 0.15) is 17.2 Å². The molecule has 0 aromatic heterocycles. The number of halogens is 1. The average Bonchev–Trinajstić information content (AvgIpc) is 2.30. The summed E-state index contributed by atoms with van der Waals surface area (Å²) < 4.78 is 17.6. The van der Waals surface area contributed by atoms with Gasteiger partial charge >= 0.3 is 0 Å². The summed E-state index contributed by atoms with van der Waals surface area (Å²) in [6.45, 7) is -0.616. The van der Waals surface area contributed by atoms with Crippen LogP contribution in [-0.2, 0) is 4.74 Å². The van der Waals surface area contributed by atoms with E-state index in [4.69, 9.17) is 16.9 Å². The number of ether oxygens (including phenoxy) is 1. The maximum atomic E-state index is 12.4. The molecule has 0 saturated carbocycles. The van der Waals surface area contributed by atoms with Crippen LogP contribution in [0.25, 0.3) is 0 Å². The van der Waals surface area contributed by atoms with Gasteiger partial charge in [0, 0.05) is 12.7 Å². The van der Waals surface area contributed by atoms with Crippen LogP contribution in [-0.4, -0.2) is 19.8 Å². The molecule has 1 aromatic rings. The fraction of sp³-hybridized carbons (Fsp3) is 0.333. The molecule has 0 bridgehead atoms. The van der Waals surface area contributed by atoms with E-state index in [2.05, 4.69) is 5.92 Å². The van der Waals surface area contributed by atoms with E-state index in [1.807, 2.05) is 0 Å². The Morgan fingerprint density at radius 1 is 1.47 bits per heavy atom. The number of hydrogen-bond acceptors (Lipinski definition) is 2. The van der Waals surface area contributed by atoms with Crippen molar-refractivity contribution in [1.29, 1.82) is 0 Å². The van der Waals surface area contributed by atoms with Crippen molar-refractivity contribution in [1.82, 2.24) is 0 Å². The van der Waals surface area contributed by atoms with Crippen molar-refractivity contribution in [2.75, 3.05) is 13.8 Å². The van der Waals surface area contributed by atoms with Crippen LogP contribution >= 0.6 is 0 Å². The first-order valence-electron chi connectivity index (χ1n) is 4.63. The molecule has 2 atom stereocenters. The zero-order valence-electron chi connectivity index (χ0n) is 8.61. The van der Waals surface area contributed by atoms with Gasteiger partial charge in [0.25, 0.3) is 0 Å². The second kappa shape index (κ2) is 5.50. The highest BCUT2D eigenvalue weighted by atomic mass is 19.1. The number of methoxy groups -OCH3 is 1. The lowest BCUT2D eigenvalue weighted by Gasteiger charge is -2.20. The van der Waals surface area contributed by atoms with E-state index in [-0.39, 0.29) is 0 Å². The van der Waals surface area contributed by atoms with Gasteiger partial charge in [-0.05, 0) is 17.7 Å². The molecule has 1 aromatic carbocycles. The van der Waals surface area contributed by atoms with Crippen molar-refractivity contribution < 1.29 is 9.13 Å². The van der Waals surface area contributed by atoms with E-state index in [1.165, 1.54) is 7.11 Å². The van der Waals surface area contributed by atoms with Crippen molar-refractivity contribution in [2.24, 2.45) is 5.73 Å². The molecule has 0 aliphatic carbocycles. The zero-order valence-corrected chi connectivity index (χ0v) is 8.61. The number of alkyl halides is 1. The minimum absolute atomic E-state index is 0.429. The van der Waals surface area contributed by atoms with Gasteiger partial charge in [0.15, 0.2) is 0 Å². The molecule has 0 unspecified atom stereocenters. The van der Waals surface area contributed by atoms with Gasteiger partial charge in [0.1, 0.15) is 6.67 Å². The minimum Gasteiger partial charge on any atom is -0.375 e. The standard InChI is InChI=1S/C12H14FNO/c1-3-9-4-6-10(7-5-9)12(15-2)11(14)8-13/h1,4-7,11-12H,8,14H2,2H3/t11-,12-/m1/s1. The third kappa shape index (κ3) is 2.79. The Kier molecular flexibility index (Phi) is 4.29. The van der Waals surface area contributed by atoms with Crippen molar-refractivity contribution in [3.8, 4) is 12.3 Å². The summed E-state index contributed by atoms with van der Waals surface area (Å²) in [4.78, 5) is 0. The van der Waals surface area contributed by atoms with Gasteiger partial charge in [-0.3, -0.25) is 0 Å². The first-order valence-corrected chi connectivity index (χ1v) is 4.63. The van der Waals surface area contributed by atoms with Gasteiger partial charge in [-0.15, -0.1) is 6.42 Å². The minimum atomic E-state index is -0.647. The predicted molar refractivity (Wildman–Crippen MR) is 58.1 cm³/mol. The molecule has 0 spiro atoms. The monoisotopic (exact) mass is 207 g/mol. The van der Waals surface area contributed by atoms with Gasteiger partial charge in [0.05, 0.1) is 12.1 Å². The highest BCUT2D eigenvalue weighted by Crippen LogP contribution is 2.20. The molecular weight excluding hydrogens is 193 g/mol. The summed E-state index contributed by atoms with van der Waals surface area (Å²) in [7, 11) is 1.51. The summed E-state index contributed by atoms with van der Waals surface area (Å²) in [6, 6.07) is 6.53. The van der Waals surface area contributed by atoms with E-state index in [1.54, 1.807) is 24.3 Å². The van der Waals surface area contributed by atoms with Crippen LogP contribution in [0, 0.1) is 12.3 Å². The van der Waals surface area contributed by atoms with Crippen molar-refractivity contribution in [2.45, 2.75) is 12.1 Å². The Hall–Kier alpha value is -1.37. The Morgan fingerprint density at radius 2 is 2.07 bits per heavy atom. The molecule has 80 valence electrons. The largest absolute Gasteiger partial charge is 0.375 e. The number of nitrogens with two attached hydrogens (primary N) is 1. The molecule has 0 heterocycles. The summed E-state index contributed by atoms with van der Waals surface area (Å²) in [5.41, 5.74) is 7.20. The lowest BCUT2D eigenvalue weighted by atomic mass is 10.0. The second-order valence-corrected chi connectivity index (χ2v) is 3.24. The smallest absolute Gasteiger partial charge is 0.107 e. The predicted octanol–water partition coefficient (Wildman–Crippen LogP) is 1.65. The van der Waals surface area contributed by atoms with Gasteiger partial charge in [-0.2, -0.15) is 0 Å². The SMILES string of the molecule is C#Cc1ccc([C@@H](OC)[C@H](N)CF)cc1. The van der Waals surface area contributed by atoms with Crippen LogP contribution in [0.2, 0.25) is 0 Å². The van der Waals surface area contributed by atoms with Crippen molar-refractivity contribution in [3.05, 3.63) is 35.4 Å². The number of hydrogen-bond donors (Lipinski definition) is 1. The number of benzene rings is 1. The molecule has 0 fully saturated rings. The number of rotatable bonds is 4. The highest BCUT2D eigenvalue weighted by molar-refractivity contribution is 5.35. The Balaban J connectivity index is 2.89. The van der Waals surface area contributed by atoms with Gasteiger partial charge in [-0.25, -0.2) is 4.39 Å². The van der Waals surface area contributed by atoms with Gasteiger partial charge in [0.2, 0.25) is 0 Å². The Bertz CT molecular complexity index is 342. The zero-order chi connectivity index (χ0) is 11.3. The quantitative estimate of drug-likeness (QED) is 0.762. The number of terminal acetylenes is 1.